The zero-order chi connectivity index (χ0) is 12.4. The monoisotopic (exact) mass is 232 g/mol. The van der Waals surface area contributed by atoms with Gasteiger partial charge in [-0.1, -0.05) is 36.4 Å². The summed E-state index contributed by atoms with van der Waals surface area (Å²) in [4.78, 5) is 3.20. The molecule has 0 aliphatic heterocycles. The summed E-state index contributed by atoms with van der Waals surface area (Å²) < 4.78 is 0. The van der Waals surface area contributed by atoms with Gasteiger partial charge in [0.1, 0.15) is 0 Å². The van der Waals surface area contributed by atoms with Gasteiger partial charge in [0.05, 0.1) is 12.5 Å². The van der Waals surface area contributed by atoms with Crippen LogP contribution in [-0.2, 0) is 6.42 Å². The number of nitriles is 1. The van der Waals surface area contributed by atoms with Crippen LogP contribution in [0, 0.1) is 11.3 Å². The van der Waals surface area contributed by atoms with Gasteiger partial charge < -0.3 is 4.98 Å². The summed E-state index contributed by atoms with van der Waals surface area (Å²) in [6, 6.07) is 18.8. The van der Waals surface area contributed by atoms with Crippen LogP contribution in [0.1, 0.15) is 5.56 Å². The van der Waals surface area contributed by atoms with E-state index < -0.39 is 0 Å². The Morgan fingerprint density at radius 2 is 1.83 bits per heavy atom. The average molecular weight is 232 g/mol. The Morgan fingerprint density at radius 3 is 2.61 bits per heavy atom. The van der Waals surface area contributed by atoms with Crippen molar-refractivity contribution in [2.24, 2.45) is 0 Å². The topological polar surface area (TPSA) is 39.6 Å². The van der Waals surface area contributed by atoms with Crippen LogP contribution in [0.25, 0.3) is 22.0 Å². The third kappa shape index (κ3) is 1.76. The molecule has 0 unspecified atom stereocenters. The molecule has 0 saturated heterocycles. The molecule has 1 N–H and O–H groups in total. The highest BCUT2D eigenvalue weighted by molar-refractivity contribution is 5.88. The molecular formula is C16H12N2. The van der Waals surface area contributed by atoms with Gasteiger partial charge in [-0.2, -0.15) is 5.26 Å². The summed E-state index contributed by atoms with van der Waals surface area (Å²) in [5.41, 5.74) is 4.52. The minimum atomic E-state index is 0.443. The van der Waals surface area contributed by atoms with E-state index in [1.165, 1.54) is 11.1 Å². The highest BCUT2D eigenvalue weighted by atomic mass is 14.7. The van der Waals surface area contributed by atoms with Gasteiger partial charge in [0, 0.05) is 17.1 Å². The summed E-state index contributed by atoms with van der Waals surface area (Å²) in [6.07, 6.45) is 2.36. The molecule has 86 valence electrons. The van der Waals surface area contributed by atoms with E-state index in [-0.39, 0.29) is 0 Å². The van der Waals surface area contributed by atoms with Gasteiger partial charge in [0.2, 0.25) is 0 Å². The van der Waals surface area contributed by atoms with Gasteiger partial charge in [-0.3, -0.25) is 0 Å². The first kappa shape index (κ1) is 10.6. The van der Waals surface area contributed by atoms with Crippen molar-refractivity contribution in [2.75, 3.05) is 0 Å². The summed E-state index contributed by atoms with van der Waals surface area (Å²) in [5.74, 6) is 0. The predicted molar refractivity (Wildman–Crippen MR) is 73.1 cm³/mol. The highest BCUT2D eigenvalue weighted by Gasteiger charge is 2.05. The van der Waals surface area contributed by atoms with Crippen LogP contribution in [0.15, 0.2) is 54.7 Å². The summed E-state index contributed by atoms with van der Waals surface area (Å²) in [7, 11) is 0. The van der Waals surface area contributed by atoms with E-state index in [1.807, 2.05) is 24.4 Å². The Hall–Kier alpha value is -2.53. The van der Waals surface area contributed by atoms with Crippen LogP contribution in [0.3, 0.4) is 0 Å². The van der Waals surface area contributed by atoms with Crippen molar-refractivity contribution in [3.05, 3.63) is 60.3 Å². The van der Waals surface area contributed by atoms with Gasteiger partial charge >= 0.3 is 0 Å². The normalized spacial score (nSPS) is 10.4. The molecule has 0 atom stereocenters. The van der Waals surface area contributed by atoms with Crippen LogP contribution in [0.2, 0.25) is 0 Å². The molecule has 0 aliphatic carbocycles. The number of rotatable bonds is 2. The van der Waals surface area contributed by atoms with Gasteiger partial charge in [-0.25, -0.2) is 0 Å². The second-order valence-corrected chi connectivity index (χ2v) is 4.28. The number of benzene rings is 2. The van der Waals surface area contributed by atoms with E-state index in [2.05, 4.69) is 41.4 Å². The number of aromatic nitrogens is 1. The molecule has 1 aromatic heterocycles. The Kier molecular flexibility index (Phi) is 2.59. The molecule has 3 rings (SSSR count). The number of hydrogen-bond acceptors (Lipinski definition) is 1. The van der Waals surface area contributed by atoms with E-state index in [0.29, 0.717) is 6.42 Å². The second-order valence-electron chi connectivity index (χ2n) is 4.28. The first-order valence-electron chi connectivity index (χ1n) is 5.91. The molecular weight excluding hydrogens is 220 g/mol. The molecule has 2 nitrogen and oxygen atoms in total. The van der Waals surface area contributed by atoms with Crippen molar-refractivity contribution in [3.63, 3.8) is 0 Å². The van der Waals surface area contributed by atoms with E-state index in [9.17, 15) is 0 Å². The van der Waals surface area contributed by atoms with E-state index >= 15 is 0 Å². The SMILES string of the molecule is N#CCc1c[nH]c2ccc(-c3ccccc3)cc12. The van der Waals surface area contributed by atoms with Crippen LogP contribution in [0.5, 0.6) is 0 Å². The Bertz CT molecular complexity index is 718. The summed E-state index contributed by atoms with van der Waals surface area (Å²) in [6.45, 7) is 0. The standard InChI is InChI=1S/C16H12N2/c17-9-8-14-11-18-16-7-6-13(10-15(14)16)12-4-2-1-3-5-12/h1-7,10-11,18H,8H2. The lowest BCUT2D eigenvalue weighted by Gasteiger charge is -2.02. The fourth-order valence-electron chi connectivity index (χ4n) is 2.22. The van der Waals surface area contributed by atoms with Gasteiger partial charge in [0.15, 0.2) is 0 Å². The lowest BCUT2D eigenvalue weighted by Crippen LogP contribution is -1.80. The Labute approximate surface area is 106 Å². The zero-order valence-electron chi connectivity index (χ0n) is 9.85. The quantitative estimate of drug-likeness (QED) is 0.715. The van der Waals surface area contributed by atoms with Crippen LogP contribution in [0.4, 0.5) is 0 Å². The first-order chi connectivity index (χ1) is 8.88. The maximum absolute atomic E-state index is 8.82. The molecule has 0 radical (unpaired) electrons. The van der Waals surface area contributed by atoms with Gasteiger partial charge in [0.25, 0.3) is 0 Å². The van der Waals surface area contributed by atoms with Crippen LogP contribution in [-0.4, -0.2) is 4.98 Å². The van der Waals surface area contributed by atoms with Crippen LogP contribution < -0.4 is 0 Å². The molecule has 3 aromatic rings. The largest absolute Gasteiger partial charge is 0.361 e. The average Bonchev–Trinajstić information content (AvgIpc) is 2.83. The summed E-state index contributed by atoms with van der Waals surface area (Å²) in [5, 5.41) is 9.96. The molecule has 0 spiro atoms. The second kappa shape index (κ2) is 4.38. The fourth-order valence-corrected chi connectivity index (χ4v) is 2.22. The lowest BCUT2D eigenvalue weighted by molar-refractivity contribution is 1.28. The number of H-pyrrole nitrogens is 1. The predicted octanol–water partition coefficient (Wildman–Crippen LogP) is 3.90. The third-order valence-corrected chi connectivity index (χ3v) is 3.14. The maximum Gasteiger partial charge on any atom is 0.0670 e. The van der Waals surface area contributed by atoms with Crippen molar-refractivity contribution in [1.29, 1.82) is 5.26 Å². The lowest BCUT2D eigenvalue weighted by atomic mass is 10.0. The molecule has 2 heteroatoms. The zero-order valence-corrected chi connectivity index (χ0v) is 9.85. The number of nitrogens with one attached hydrogen (secondary N) is 1. The smallest absolute Gasteiger partial charge is 0.0670 e. The van der Waals surface area contributed by atoms with Crippen molar-refractivity contribution in [2.45, 2.75) is 6.42 Å². The number of hydrogen-bond donors (Lipinski definition) is 1. The molecule has 0 bridgehead atoms. The minimum Gasteiger partial charge on any atom is -0.361 e. The van der Waals surface area contributed by atoms with Crippen molar-refractivity contribution >= 4 is 10.9 Å². The molecule has 1 heterocycles. The fraction of sp³-hybridized carbons (Fsp3) is 0.0625. The maximum atomic E-state index is 8.82. The number of nitrogens with zero attached hydrogens (tertiary/aromatic N) is 1. The molecule has 0 saturated carbocycles. The Balaban J connectivity index is 2.16. The van der Waals surface area contributed by atoms with Crippen molar-refractivity contribution in [1.82, 2.24) is 4.98 Å². The van der Waals surface area contributed by atoms with E-state index in [0.717, 1.165) is 16.5 Å². The summed E-state index contributed by atoms with van der Waals surface area (Å²) >= 11 is 0. The van der Waals surface area contributed by atoms with E-state index in [1.54, 1.807) is 0 Å². The third-order valence-electron chi connectivity index (χ3n) is 3.14. The van der Waals surface area contributed by atoms with E-state index in [4.69, 9.17) is 5.26 Å². The Morgan fingerprint density at radius 1 is 1.00 bits per heavy atom. The minimum absolute atomic E-state index is 0.443. The molecule has 0 amide bonds. The van der Waals surface area contributed by atoms with Gasteiger partial charge in [-0.05, 0) is 28.8 Å². The van der Waals surface area contributed by atoms with Crippen molar-refractivity contribution in [3.8, 4) is 17.2 Å². The molecule has 18 heavy (non-hydrogen) atoms. The molecule has 0 aliphatic rings. The molecule has 2 aromatic carbocycles. The molecule has 0 fully saturated rings. The van der Waals surface area contributed by atoms with Crippen molar-refractivity contribution < 1.29 is 0 Å². The van der Waals surface area contributed by atoms with Crippen LogP contribution >= 0.6 is 0 Å². The highest BCUT2D eigenvalue weighted by Crippen LogP contribution is 2.26. The number of aromatic amines is 1. The number of fused-ring (bicyclic) bond motifs is 1. The van der Waals surface area contributed by atoms with Gasteiger partial charge in [-0.15, -0.1) is 0 Å². The first-order valence-corrected chi connectivity index (χ1v) is 5.91.